The van der Waals surface area contributed by atoms with Gasteiger partial charge in [0.15, 0.2) is 0 Å². The second-order valence-corrected chi connectivity index (χ2v) is 6.40. The summed E-state index contributed by atoms with van der Waals surface area (Å²) >= 11 is 0. The lowest BCUT2D eigenvalue weighted by molar-refractivity contribution is 0.569. The first kappa shape index (κ1) is 13.7. The number of hydrogen-bond acceptors (Lipinski definition) is 6. The molecule has 0 N–H and O–H groups in total. The van der Waals surface area contributed by atoms with Gasteiger partial charge in [-0.15, -0.1) is 10.2 Å². The highest BCUT2D eigenvalue weighted by molar-refractivity contribution is 6.03. The van der Waals surface area contributed by atoms with Crippen LogP contribution in [0.5, 0.6) is 0 Å². The summed E-state index contributed by atoms with van der Waals surface area (Å²) in [4.78, 5) is 21.8. The van der Waals surface area contributed by atoms with E-state index in [1.165, 1.54) is 0 Å². The van der Waals surface area contributed by atoms with Gasteiger partial charge in [0, 0.05) is 17.1 Å². The van der Waals surface area contributed by atoms with Gasteiger partial charge < -0.3 is 4.42 Å². The Morgan fingerprint density at radius 3 is 3.00 bits per heavy atom. The third kappa shape index (κ3) is 1.69. The van der Waals surface area contributed by atoms with Crippen molar-refractivity contribution in [3.05, 3.63) is 64.5 Å². The van der Waals surface area contributed by atoms with Crippen LogP contribution < -0.4 is 5.63 Å². The first-order valence-corrected chi connectivity index (χ1v) is 8.33. The molecule has 124 valence electrons. The molecular weight excluding hydrogens is 330 g/mol. The standard InChI is InChI=1S/C19H11N5O2/c25-18-13-7-12-14(22-16(13)11-3-1-2-4-15(11)26-18)6-5-10-8-20-19-23-21-9-24(19)17(10)12/h1-4,7-9H,5-6H2. The van der Waals surface area contributed by atoms with E-state index in [-0.39, 0.29) is 5.63 Å². The first-order valence-electron chi connectivity index (χ1n) is 8.33. The summed E-state index contributed by atoms with van der Waals surface area (Å²) in [6.07, 6.45) is 5.10. The molecule has 4 heterocycles. The van der Waals surface area contributed by atoms with Crippen molar-refractivity contribution in [3.63, 3.8) is 0 Å². The predicted molar refractivity (Wildman–Crippen MR) is 95.0 cm³/mol. The van der Waals surface area contributed by atoms with Gasteiger partial charge >= 0.3 is 5.63 Å². The molecule has 26 heavy (non-hydrogen) atoms. The fourth-order valence-electron chi connectivity index (χ4n) is 3.78. The zero-order valence-corrected chi connectivity index (χ0v) is 13.5. The SMILES string of the molecule is O=c1oc2ccccc2c2nc3c(cc12)-c1c(cnc2nncn12)CC3. The Balaban J connectivity index is 1.78. The van der Waals surface area contributed by atoms with E-state index in [0.29, 0.717) is 22.3 Å². The van der Waals surface area contributed by atoms with E-state index in [4.69, 9.17) is 9.40 Å². The molecule has 0 spiro atoms. The van der Waals surface area contributed by atoms with Gasteiger partial charge in [0.05, 0.1) is 22.3 Å². The Labute approximate surface area is 146 Å². The molecule has 0 radical (unpaired) electrons. The van der Waals surface area contributed by atoms with E-state index < -0.39 is 0 Å². The maximum Gasteiger partial charge on any atom is 0.345 e. The number of benzene rings is 1. The molecule has 0 saturated heterocycles. The average molecular weight is 341 g/mol. The molecule has 1 aromatic carbocycles. The molecule has 1 aliphatic carbocycles. The third-order valence-corrected chi connectivity index (χ3v) is 4.96. The van der Waals surface area contributed by atoms with Crippen LogP contribution in [0.15, 0.2) is 52.1 Å². The zero-order valence-electron chi connectivity index (χ0n) is 13.5. The minimum absolute atomic E-state index is 0.379. The summed E-state index contributed by atoms with van der Waals surface area (Å²) in [5.74, 6) is 0.530. The maximum absolute atomic E-state index is 12.6. The Hall–Kier alpha value is -3.61. The molecule has 7 heteroatoms. The molecule has 0 fully saturated rings. The Kier molecular flexibility index (Phi) is 2.48. The van der Waals surface area contributed by atoms with Crippen LogP contribution in [0, 0.1) is 0 Å². The smallest absolute Gasteiger partial charge is 0.345 e. The van der Waals surface area contributed by atoms with E-state index in [9.17, 15) is 4.79 Å². The second-order valence-electron chi connectivity index (χ2n) is 6.40. The number of hydrogen-bond donors (Lipinski definition) is 0. The molecule has 0 bridgehead atoms. The van der Waals surface area contributed by atoms with Gasteiger partial charge in [0.1, 0.15) is 11.9 Å². The fraction of sp³-hybridized carbons (Fsp3) is 0.105. The summed E-state index contributed by atoms with van der Waals surface area (Å²) < 4.78 is 7.34. The molecule has 1 aliphatic rings. The van der Waals surface area contributed by atoms with Crippen LogP contribution in [0.3, 0.4) is 0 Å². The van der Waals surface area contributed by atoms with Crippen molar-refractivity contribution >= 4 is 27.6 Å². The quantitative estimate of drug-likeness (QED) is 0.318. The van der Waals surface area contributed by atoms with E-state index in [1.54, 1.807) is 12.4 Å². The molecule has 5 aromatic rings. The first-order chi connectivity index (χ1) is 12.8. The number of fused-ring (bicyclic) bond motifs is 8. The topological polar surface area (TPSA) is 86.2 Å². The lowest BCUT2D eigenvalue weighted by Crippen LogP contribution is -2.12. The molecule has 0 unspecified atom stereocenters. The van der Waals surface area contributed by atoms with Crippen molar-refractivity contribution < 1.29 is 4.42 Å². The van der Waals surface area contributed by atoms with E-state index in [2.05, 4.69) is 15.2 Å². The van der Waals surface area contributed by atoms with Crippen molar-refractivity contribution in [1.82, 2.24) is 24.6 Å². The van der Waals surface area contributed by atoms with Gasteiger partial charge in [-0.3, -0.25) is 9.38 Å². The van der Waals surface area contributed by atoms with Crippen LogP contribution in [-0.4, -0.2) is 24.6 Å². The van der Waals surface area contributed by atoms with Crippen molar-refractivity contribution in [2.45, 2.75) is 12.8 Å². The largest absolute Gasteiger partial charge is 0.422 e. The molecule has 7 nitrogen and oxygen atoms in total. The summed E-state index contributed by atoms with van der Waals surface area (Å²) in [6.45, 7) is 0. The summed E-state index contributed by atoms with van der Waals surface area (Å²) in [5, 5.41) is 9.30. The lowest BCUT2D eigenvalue weighted by atomic mass is 9.92. The van der Waals surface area contributed by atoms with E-state index >= 15 is 0 Å². The van der Waals surface area contributed by atoms with Crippen LogP contribution in [0.25, 0.3) is 38.9 Å². The van der Waals surface area contributed by atoms with Crippen molar-refractivity contribution in [3.8, 4) is 11.3 Å². The summed E-state index contributed by atoms with van der Waals surface area (Å²) in [7, 11) is 0. The molecule has 0 aliphatic heterocycles. The third-order valence-electron chi connectivity index (χ3n) is 4.96. The second kappa shape index (κ2) is 4.72. The van der Waals surface area contributed by atoms with Crippen LogP contribution in [0.4, 0.5) is 0 Å². The number of para-hydroxylation sites is 1. The minimum Gasteiger partial charge on any atom is -0.422 e. The number of nitrogens with zero attached hydrogens (tertiary/aromatic N) is 5. The normalized spacial score (nSPS) is 13.2. The summed E-state index contributed by atoms with van der Waals surface area (Å²) in [6, 6.07) is 9.37. The highest BCUT2D eigenvalue weighted by atomic mass is 16.4. The van der Waals surface area contributed by atoms with E-state index in [1.807, 2.05) is 34.9 Å². The molecule has 0 saturated carbocycles. The van der Waals surface area contributed by atoms with Gasteiger partial charge in [-0.05, 0) is 36.6 Å². The molecule has 0 atom stereocenters. The zero-order chi connectivity index (χ0) is 17.3. The monoisotopic (exact) mass is 341 g/mol. The van der Waals surface area contributed by atoms with Crippen molar-refractivity contribution in [2.75, 3.05) is 0 Å². The van der Waals surface area contributed by atoms with Gasteiger partial charge in [-0.1, -0.05) is 12.1 Å². The van der Waals surface area contributed by atoms with Crippen LogP contribution in [-0.2, 0) is 12.8 Å². The molecule has 0 amide bonds. The minimum atomic E-state index is -0.379. The van der Waals surface area contributed by atoms with Gasteiger partial charge in [0.25, 0.3) is 5.78 Å². The maximum atomic E-state index is 12.6. The van der Waals surface area contributed by atoms with Crippen LogP contribution >= 0.6 is 0 Å². The highest BCUT2D eigenvalue weighted by Crippen LogP contribution is 2.35. The average Bonchev–Trinajstić information content (AvgIpc) is 3.15. The highest BCUT2D eigenvalue weighted by Gasteiger charge is 2.23. The number of pyridine rings is 1. The molecular formula is C19H11N5O2. The van der Waals surface area contributed by atoms with Gasteiger partial charge in [-0.2, -0.15) is 0 Å². The van der Waals surface area contributed by atoms with Gasteiger partial charge in [0.2, 0.25) is 0 Å². The molecule has 4 aromatic heterocycles. The fourth-order valence-corrected chi connectivity index (χ4v) is 3.78. The van der Waals surface area contributed by atoms with Crippen LogP contribution in [0.2, 0.25) is 0 Å². The van der Waals surface area contributed by atoms with Gasteiger partial charge in [-0.25, -0.2) is 9.78 Å². The molecule has 6 rings (SSSR count). The van der Waals surface area contributed by atoms with Crippen molar-refractivity contribution in [1.29, 1.82) is 0 Å². The lowest BCUT2D eigenvalue weighted by Gasteiger charge is -2.20. The Morgan fingerprint density at radius 2 is 2.04 bits per heavy atom. The number of aryl methyl sites for hydroxylation is 2. The van der Waals surface area contributed by atoms with E-state index in [0.717, 1.165) is 40.7 Å². The van der Waals surface area contributed by atoms with Crippen LogP contribution in [0.1, 0.15) is 11.3 Å². The Bertz CT molecular complexity index is 1420. The van der Waals surface area contributed by atoms with Crippen molar-refractivity contribution in [2.24, 2.45) is 0 Å². The summed E-state index contributed by atoms with van der Waals surface area (Å²) in [5.41, 5.74) is 4.78. The number of aromatic nitrogens is 5. The number of rotatable bonds is 0. The Morgan fingerprint density at radius 1 is 1.12 bits per heavy atom. The predicted octanol–water partition coefficient (Wildman–Crippen LogP) is 2.54.